The fraction of sp³-hybridized carbons (Fsp3) is 0.583. The van der Waals surface area contributed by atoms with Crippen LogP contribution in [0.25, 0.3) is 0 Å². The monoisotopic (exact) mass is 223 g/mol. The molecule has 0 spiro atoms. The molecule has 0 saturated heterocycles. The molecule has 1 aromatic heterocycles. The predicted octanol–water partition coefficient (Wildman–Crippen LogP) is 1.77. The quantitative estimate of drug-likeness (QED) is 0.716. The van der Waals surface area contributed by atoms with Gasteiger partial charge in [0, 0.05) is 12.7 Å². The molecule has 1 rings (SSSR count). The first-order chi connectivity index (χ1) is 7.77. The van der Waals surface area contributed by atoms with Gasteiger partial charge in [0.05, 0.1) is 12.3 Å². The summed E-state index contributed by atoms with van der Waals surface area (Å²) in [6.07, 6.45) is 2.69. The number of nitrogen functional groups attached to an aromatic ring is 1. The van der Waals surface area contributed by atoms with Gasteiger partial charge in [-0.1, -0.05) is 13.8 Å². The summed E-state index contributed by atoms with van der Waals surface area (Å²) >= 11 is 0. The predicted molar refractivity (Wildman–Crippen MR) is 66.5 cm³/mol. The molecule has 0 aromatic carbocycles. The van der Waals surface area contributed by atoms with Crippen LogP contribution in [0.2, 0.25) is 0 Å². The minimum atomic E-state index is 0.544. The van der Waals surface area contributed by atoms with E-state index < -0.39 is 0 Å². The molecule has 16 heavy (non-hydrogen) atoms. The zero-order valence-corrected chi connectivity index (χ0v) is 10.1. The van der Waals surface area contributed by atoms with Crippen LogP contribution in [-0.2, 0) is 0 Å². The van der Waals surface area contributed by atoms with E-state index in [0.717, 1.165) is 26.1 Å². The standard InChI is InChI=1S/C12H21N3O/c1-3-15(4-2)9-6-10-16-12-11(13)7-5-8-14-12/h5,7-8H,3-4,6,9-10,13H2,1-2H3. The highest BCUT2D eigenvalue weighted by molar-refractivity contribution is 5.46. The van der Waals surface area contributed by atoms with Gasteiger partial charge in [-0.2, -0.15) is 0 Å². The van der Waals surface area contributed by atoms with Crippen molar-refractivity contribution in [2.75, 3.05) is 32.0 Å². The lowest BCUT2D eigenvalue weighted by Gasteiger charge is -2.17. The summed E-state index contributed by atoms with van der Waals surface area (Å²) < 4.78 is 5.51. The summed E-state index contributed by atoms with van der Waals surface area (Å²) in [5.74, 6) is 0.544. The lowest BCUT2D eigenvalue weighted by Crippen LogP contribution is -2.25. The van der Waals surface area contributed by atoms with Gasteiger partial charge < -0.3 is 15.4 Å². The second kappa shape index (κ2) is 7.06. The maximum atomic E-state index is 5.72. The Labute approximate surface area is 97.4 Å². The smallest absolute Gasteiger partial charge is 0.237 e. The fourth-order valence-corrected chi connectivity index (χ4v) is 1.52. The lowest BCUT2D eigenvalue weighted by atomic mass is 10.4. The highest BCUT2D eigenvalue weighted by Crippen LogP contribution is 2.15. The van der Waals surface area contributed by atoms with E-state index in [-0.39, 0.29) is 0 Å². The summed E-state index contributed by atoms with van der Waals surface area (Å²) in [5.41, 5.74) is 6.32. The number of pyridine rings is 1. The SMILES string of the molecule is CCN(CC)CCCOc1ncccc1N. The molecular formula is C12H21N3O. The van der Waals surface area contributed by atoms with E-state index in [2.05, 4.69) is 23.7 Å². The fourth-order valence-electron chi connectivity index (χ4n) is 1.52. The Bertz CT molecular complexity index is 300. The van der Waals surface area contributed by atoms with Crippen LogP contribution in [0.1, 0.15) is 20.3 Å². The molecule has 0 unspecified atom stereocenters. The Hall–Kier alpha value is -1.29. The van der Waals surface area contributed by atoms with Crippen molar-refractivity contribution in [1.82, 2.24) is 9.88 Å². The van der Waals surface area contributed by atoms with Crippen molar-refractivity contribution in [2.45, 2.75) is 20.3 Å². The first-order valence-corrected chi connectivity index (χ1v) is 5.83. The maximum Gasteiger partial charge on any atom is 0.237 e. The first kappa shape index (κ1) is 12.8. The third kappa shape index (κ3) is 4.06. The van der Waals surface area contributed by atoms with Gasteiger partial charge in [-0.05, 0) is 31.6 Å². The van der Waals surface area contributed by atoms with Gasteiger partial charge in [0.1, 0.15) is 0 Å². The average Bonchev–Trinajstić information content (AvgIpc) is 2.31. The number of rotatable bonds is 7. The van der Waals surface area contributed by atoms with Crippen LogP contribution in [0.15, 0.2) is 18.3 Å². The van der Waals surface area contributed by atoms with E-state index >= 15 is 0 Å². The number of hydrogen-bond acceptors (Lipinski definition) is 4. The number of ether oxygens (including phenoxy) is 1. The zero-order valence-electron chi connectivity index (χ0n) is 10.1. The normalized spacial score (nSPS) is 10.7. The van der Waals surface area contributed by atoms with Crippen LogP contribution in [0.3, 0.4) is 0 Å². The minimum Gasteiger partial charge on any atom is -0.476 e. The number of nitrogens with zero attached hydrogens (tertiary/aromatic N) is 2. The molecule has 90 valence electrons. The van der Waals surface area contributed by atoms with Crippen LogP contribution in [-0.4, -0.2) is 36.1 Å². The molecule has 0 aliphatic carbocycles. The van der Waals surface area contributed by atoms with E-state index in [0.29, 0.717) is 18.2 Å². The van der Waals surface area contributed by atoms with Crippen molar-refractivity contribution in [3.8, 4) is 5.88 Å². The summed E-state index contributed by atoms with van der Waals surface area (Å²) in [6, 6.07) is 3.60. The molecule has 0 bridgehead atoms. The van der Waals surface area contributed by atoms with Crippen LogP contribution >= 0.6 is 0 Å². The van der Waals surface area contributed by atoms with Crippen molar-refractivity contribution in [2.24, 2.45) is 0 Å². The molecule has 4 nitrogen and oxygen atoms in total. The molecule has 0 fully saturated rings. The number of hydrogen-bond donors (Lipinski definition) is 1. The Balaban J connectivity index is 2.23. The van der Waals surface area contributed by atoms with Crippen LogP contribution in [0.5, 0.6) is 5.88 Å². The number of anilines is 1. The van der Waals surface area contributed by atoms with Gasteiger partial charge in [0.25, 0.3) is 0 Å². The third-order valence-corrected chi connectivity index (χ3v) is 2.55. The van der Waals surface area contributed by atoms with Crippen LogP contribution in [0, 0.1) is 0 Å². The summed E-state index contributed by atoms with van der Waals surface area (Å²) in [5, 5.41) is 0. The van der Waals surface area contributed by atoms with Gasteiger partial charge in [-0.3, -0.25) is 0 Å². The molecule has 2 N–H and O–H groups in total. The molecule has 0 radical (unpaired) electrons. The summed E-state index contributed by atoms with van der Waals surface area (Å²) in [4.78, 5) is 6.44. The Kier molecular flexibility index (Phi) is 5.64. The van der Waals surface area contributed by atoms with E-state index in [1.165, 1.54) is 0 Å². The molecule has 0 aliphatic rings. The van der Waals surface area contributed by atoms with E-state index in [4.69, 9.17) is 10.5 Å². The van der Waals surface area contributed by atoms with E-state index in [1.807, 2.05) is 0 Å². The molecule has 0 atom stereocenters. The number of nitrogens with two attached hydrogens (primary N) is 1. The highest BCUT2D eigenvalue weighted by Gasteiger charge is 2.01. The summed E-state index contributed by atoms with van der Waals surface area (Å²) in [7, 11) is 0. The Morgan fingerprint density at radius 2 is 2.12 bits per heavy atom. The highest BCUT2D eigenvalue weighted by atomic mass is 16.5. The van der Waals surface area contributed by atoms with Crippen molar-refractivity contribution >= 4 is 5.69 Å². The Morgan fingerprint density at radius 3 is 2.75 bits per heavy atom. The summed E-state index contributed by atoms with van der Waals surface area (Å²) in [6.45, 7) is 8.23. The molecule has 0 saturated carbocycles. The van der Waals surface area contributed by atoms with Crippen molar-refractivity contribution in [3.63, 3.8) is 0 Å². The molecular weight excluding hydrogens is 202 g/mol. The van der Waals surface area contributed by atoms with E-state index in [9.17, 15) is 0 Å². The maximum absolute atomic E-state index is 5.72. The average molecular weight is 223 g/mol. The first-order valence-electron chi connectivity index (χ1n) is 5.83. The van der Waals surface area contributed by atoms with Crippen LogP contribution < -0.4 is 10.5 Å². The molecule has 1 heterocycles. The molecule has 1 aromatic rings. The topological polar surface area (TPSA) is 51.4 Å². The Morgan fingerprint density at radius 1 is 1.38 bits per heavy atom. The largest absolute Gasteiger partial charge is 0.476 e. The molecule has 4 heteroatoms. The van der Waals surface area contributed by atoms with Crippen molar-refractivity contribution in [3.05, 3.63) is 18.3 Å². The van der Waals surface area contributed by atoms with Crippen molar-refractivity contribution in [1.29, 1.82) is 0 Å². The van der Waals surface area contributed by atoms with Gasteiger partial charge >= 0.3 is 0 Å². The second-order valence-corrected chi connectivity index (χ2v) is 3.63. The van der Waals surface area contributed by atoms with E-state index in [1.54, 1.807) is 18.3 Å². The van der Waals surface area contributed by atoms with Gasteiger partial charge in [-0.15, -0.1) is 0 Å². The van der Waals surface area contributed by atoms with Gasteiger partial charge in [0.15, 0.2) is 0 Å². The van der Waals surface area contributed by atoms with Crippen molar-refractivity contribution < 1.29 is 4.74 Å². The minimum absolute atomic E-state index is 0.544. The number of aromatic nitrogens is 1. The second-order valence-electron chi connectivity index (χ2n) is 3.63. The van der Waals surface area contributed by atoms with Gasteiger partial charge in [0.2, 0.25) is 5.88 Å². The zero-order chi connectivity index (χ0) is 11.8. The van der Waals surface area contributed by atoms with Crippen LogP contribution in [0.4, 0.5) is 5.69 Å². The third-order valence-electron chi connectivity index (χ3n) is 2.55. The molecule has 0 aliphatic heterocycles. The molecule has 0 amide bonds. The van der Waals surface area contributed by atoms with Gasteiger partial charge in [-0.25, -0.2) is 4.98 Å². The lowest BCUT2D eigenvalue weighted by molar-refractivity contribution is 0.245.